The minimum atomic E-state index is -3.24. The lowest BCUT2D eigenvalue weighted by Gasteiger charge is -2.33. The van der Waals surface area contributed by atoms with Crippen molar-refractivity contribution in [1.29, 1.82) is 0 Å². The Morgan fingerprint density at radius 1 is 0.538 bits per heavy atom. The maximum atomic E-state index is 16.7. The molecule has 0 saturated carbocycles. The van der Waals surface area contributed by atoms with Gasteiger partial charge in [-0.05, 0) is 57.3 Å². The SMILES string of the molecule is CN1C(c2ccccc2)=NC(c2ccc3c(c2)C(F)(F)c2cc(C4=NC(c5ccccc5)=CC(c5ccccc5)[N-]4)ccc2-3)=CC1c1ccccc1. The van der Waals surface area contributed by atoms with Crippen molar-refractivity contribution >= 4 is 23.1 Å². The number of aliphatic imine (C=N–C) groups is 2. The van der Waals surface area contributed by atoms with E-state index in [9.17, 15) is 0 Å². The third-order valence-corrected chi connectivity index (χ3v) is 10.0. The normalized spacial score (nSPS) is 18.6. The summed E-state index contributed by atoms with van der Waals surface area (Å²) in [5, 5.41) is 4.97. The van der Waals surface area contributed by atoms with E-state index in [4.69, 9.17) is 15.3 Å². The zero-order valence-corrected chi connectivity index (χ0v) is 28.4. The van der Waals surface area contributed by atoms with Gasteiger partial charge in [0.05, 0.1) is 11.7 Å². The molecule has 52 heavy (non-hydrogen) atoms. The highest BCUT2D eigenvalue weighted by Gasteiger charge is 2.45. The molecule has 3 aliphatic rings. The third-order valence-electron chi connectivity index (χ3n) is 10.0. The van der Waals surface area contributed by atoms with Gasteiger partial charge in [-0.25, -0.2) is 4.99 Å². The minimum absolute atomic E-state index is 0.0285. The molecule has 252 valence electrons. The van der Waals surface area contributed by atoms with E-state index in [0.717, 1.165) is 33.8 Å². The molecular formula is C46H33F2N4-. The Kier molecular flexibility index (Phi) is 7.73. The Balaban J connectivity index is 1.10. The second-order valence-corrected chi connectivity index (χ2v) is 13.3. The maximum Gasteiger partial charge on any atom is 0.299 e. The van der Waals surface area contributed by atoms with Gasteiger partial charge in [0.1, 0.15) is 5.84 Å². The van der Waals surface area contributed by atoms with Crippen LogP contribution in [0.15, 0.2) is 180 Å². The number of rotatable bonds is 6. The highest BCUT2D eigenvalue weighted by Crippen LogP contribution is 2.52. The third kappa shape index (κ3) is 5.53. The summed E-state index contributed by atoms with van der Waals surface area (Å²) in [5.41, 5.74) is 7.56. The van der Waals surface area contributed by atoms with Crippen LogP contribution in [0, 0.1) is 0 Å². The number of fused-ring (bicyclic) bond motifs is 3. The average molecular weight is 680 g/mol. The first-order valence-electron chi connectivity index (χ1n) is 17.4. The molecule has 2 atom stereocenters. The summed E-state index contributed by atoms with van der Waals surface area (Å²) in [5.74, 6) is -2.03. The van der Waals surface area contributed by atoms with Crippen molar-refractivity contribution < 1.29 is 8.78 Å². The number of amidine groups is 2. The van der Waals surface area contributed by atoms with Crippen LogP contribution in [0.5, 0.6) is 0 Å². The smallest absolute Gasteiger partial charge is 0.299 e. The summed E-state index contributed by atoms with van der Waals surface area (Å²) in [6.45, 7) is 0. The quantitative estimate of drug-likeness (QED) is 0.173. The lowest BCUT2D eigenvalue weighted by Crippen LogP contribution is -2.33. The second kappa shape index (κ2) is 12.7. The van der Waals surface area contributed by atoms with E-state index >= 15 is 8.78 Å². The fourth-order valence-corrected chi connectivity index (χ4v) is 7.36. The van der Waals surface area contributed by atoms with Gasteiger partial charge in [0.25, 0.3) is 5.92 Å². The van der Waals surface area contributed by atoms with E-state index in [0.29, 0.717) is 33.8 Å². The van der Waals surface area contributed by atoms with Crippen molar-refractivity contribution in [3.8, 4) is 11.1 Å². The van der Waals surface area contributed by atoms with Crippen molar-refractivity contribution in [2.75, 3.05) is 7.05 Å². The minimum Gasteiger partial charge on any atom is -0.454 e. The van der Waals surface area contributed by atoms with Crippen molar-refractivity contribution in [2.24, 2.45) is 9.98 Å². The predicted octanol–water partition coefficient (Wildman–Crippen LogP) is 11.2. The number of nitrogens with zero attached hydrogens (tertiary/aromatic N) is 4. The van der Waals surface area contributed by atoms with Gasteiger partial charge in [-0.1, -0.05) is 158 Å². The number of halogens is 2. The fraction of sp³-hybridized carbons (Fsp3) is 0.0870. The first kappa shape index (κ1) is 31.6. The largest absolute Gasteiger partial charge is 0.454 e. The van der Waals surface area contributed by atoms with E-state index in [2.05, 4.69) is 23.1 Å². The van der Waals surface area contributed by atoms with Crippen LogP contribution < -0.4 is 0 Å². The average Bonchev–Trinajstić information content (AvgIpc) is 3.44. The summed E-state index contributed by atoms with van der Waals surface area (Å²) >= 11 is 0. The molecule has 9 rings (SSSR count). The highest BCUT2D eigenvalue weighted by atomic mass is 19.3. The van der Waals surface area contributed by atoms with E-state index in [1.54, 1.807) is 18.2 Å². The molecule has 2 unspecified atom stereocenters. The summed E-state index contributed by atoms with van der Waals surface area (Å²) in [6.07, 6.45) is 4.09. The molecule has 0 aromatic heterocycles. The lowest BCUT2D eigenvalue weighted by atomic mass is 9.96. The van der Waals surface area contributed by atoms with Crippen LogP contribution in [0.2, 0.25) is 0 Å². The van der Waals surface area contributed by atoms with Gasteiger partial charge in [0.2, 0.25) is 0 Å². The molecule has 0 N–H and O–H groups in total. The molecular weight excluding hydrogens is 647 g/mol. The number of benzene rings is 6. The molecule has 0 spiro atoms. The molecule has 1 aliphatic carbocycles. The Morgan fingerprint density at radius 3 is 1.69 bits per heavy atom. The molecule has 6 aromatic carbocycles. The van der Waals surface area contributed by atoms with Crippen molar-refractivity contribution in [2.45, 2.75) is 18.0 Å². The van der Waals surface area contributed by atoms with Crippen molar-refractivity contribution in [1.82, 2.24) is 4.90 Å². The summed E-state index contributed by atoms with van der Waals surface area (Å²) in [4.78, 5) is 12.1. The molecule has 4 nitrogen and oxygen atoms in total. The Bertz CT molecular complexity index is 2420. The molecule has 0 saturated heterocycles. The van der Waals surface area contributed by atoms with Gasteiger partial charge >= 0.3 is 0 Å². The van der Waals surface area contributed by atoms with Crippen LogP contribution in [0.1, 0.15) is 56.6 Å². The second-order valence-electron chi connectivity index (χ2n) is 13.3. The molecule has 0 fully saturated rings. The van der Waals surface area contributed by atoms with E-state index in [1.807, 2.05) is 141 Å². The molecule has 6 aromatic rings. The molecule has 2 aliphatic heterocycles. The van der Waals surface area contributed by atoms with Gasteiger partial charge in [0.15, 0.2) is 0 Å². The standard InChI is InChI=1S/C46H33F2N4/c1-52-43(32-18-10-4-11-19-32)29-42(51-45(52)33-20-12-5-13-21-33)34-22-24-36-37-25-23-35(27-39(37)46(47,48)38(36)26-34)44-49-40(30-14-6-2-7-15-30)28-41(50-44)31-16-8-3-9-17-31/h2-29,40,43H,1H3/q-1. The summed E-state index contributed by atoms with van der Waals surface area (Å²) < 4.78 is 33.4. The van der Waals surface area contributed by atoms with Gasteiger partial charge < -0.3 is 15.2 Å². The van der Waals surface area contributed by atoms with Crippen LogP contribution in [-0.2, 0) is 5.92 Å². The lowest BCUT2D eigenvalue weighted by molar-refractivity contribution is 0.0480. The molecule has 2 heterocycles. The van der Waals surface area contributed by atoms with Crippen molar-refractivity contribution in [3.63, 3.8) is 0 Å². The van der Waals surface area contributed by atoms with Gasteiger partial charge in [0, 0.05) is 35.3 Å². The first-order valence-corrected chi connectivity index (χ1v) is 17.4. The topological polar surface area (TPSA) is 42.1 Å². The van der Waals surface area contributed by atoms with Crippen molar-refractivity contribution in [3.05, 3.63) is 220 Å². The van der Waals surface area contributed by atoms with E-state index in [-0.39, 0.29) is 23.2 Å². The highest BCUT2D eigenvalue weighted by molar-refractivity contribution is 6.13. The van der Waals surface area contributed by atoms with Gasteiger partial charge in [-0.15, -0.1) is 0 Å². The Hall–Kier alpha value is -6.40. The Labute approximate surface area is 301 Å². The Morgan fingerprint density at radius 2 is 1.06 bits per heavy atom. The van der Waals surface area contributed by atoms with Crippen LogP contribution in [0.4, 0.5) is 8.78 Å². The fourth-order valence-electron chi connectivity index (χ4n) is 7.36. The molecule has 0 radical (unpaired) electrons. The van der Waals surface area contributed by atoms with E-state index < -0.39 is 5.92 Å². The zero-order chi connectivity index (χ0) is 35.2. The van der Waals surface area contributed by atoms with Crippen LogP contribution in [0.25, 0.3) is 27.8 Å². The molecule has 0 bridgehead atoms. The summed E-state index contributed by atoms with van der Waals surface area (Å²) in [6, 6.07) is 50.1. The zero-order valence-electron chi connectivity index (χ0n) is 28.4. The molecule has 6 heteroatoms. The number of hydrogen-bond donors (Lipinski definition) is 0. The number of alkyl halides is 2. The number of likely N-dealkylation sites (N-methyl/N-ethyl adjacent to an activating group) is 1. The maximum absolute atomic E-state index is 16.7. The van der Waals surface area contributed by atoms with E-state index in [1.165, 1.54) is 0 Å². The monoisotopic (exact) mass is 679 g/mol. The first-order chi connectivity index (χ1) is 25.4. The number of hydrogen-bond acceptors (Lipinski definition) is 3. The predicted molar refractivity (Wildman–Crippen MR) is 206 cm³/mol. The van der Waals surface area contributed by atoms with Crippen LogP contribution >= 0.6 is 0 Å². The summed E-state index contributed by atoms with van der Waals surface area (Å²) in [7, 11) is 2.02. The molecule has 0 amide bonds. The van der Waals surface area contributed by atoms with Gasteiger partial charge in [-0.3, -0.25) is 0 Å². The van der Waals surface area contributed by atoms with Crippen LogP contribution in [-0.4, -0.2) is 23.6 Å². The van der Waals surface area contributed by atoms with Gasteiger partial charge in [-0.2, -0.15) is 8.78 Å². The van der Waals surface area contributed by atoms with Crippen LogP contribution in [0.3, 0.4) is 0 Å².